The van der Waals surface area contributed by atoms with E-state index in [1.54, 1.807) is 32.5 Å². The number of amides is 1. The average molecular weight is 377 g/mol. The Bertz CT molecular complexity index is 955. The molecule has 0 aliphatic heterocycles. The van der Waals surface area contributed by atoms with Gasteiger partial charge in [0.25, 0.3) is 5.91 Å². The molecule has 0 bridgehead atoms. The van der Waals surface area contributed by atoms with E-state index in [0.29, 0.717) is 29.4 Å². The topological polar surface area (TPSA) is 72.5 Å². The molecular weight excluding hydrogens is 354 g/mol. The van der Waals surface area contributed by atoms with Gasteiger partial charge in [-0.15, -0.1) is 0 Å². The van der Waals surface area contributed by atoms with Gasteiger partial charge in [0.1, 0.15) is 17.3 Å². The lowest BCUT2D eigenvalue weighted by Gasteiger charge is -2.12. The highest BCUT2D eigenvalue weighted by molar-refractivity contribution is 6.05. The average Bonchev–Trinajstić information content (AvgIpc) is 2.73. The third-order valence-corrected chi connectivity index (χ3v) is 4.28. The number of hydrogen-bond acceptors (Lipinski definition) is 5. The molecule has 0 radical (unpaired) electrons. The molecule has 2 N–H and O–H groups in total. The Balaban J connectivity index is 1.65. The third kappa shape index (κ3) is 4.59. The van der Waals surface area contributed by atoms with Crippen LogP contribution in [0.5, 0.6) is 11.5 Å². The minimum absolute atomic E-state index is 0.243. The Morgan fingerprint density at radius 1 is 1.00 bits per heavy atom. The molecule has 0 fully saturated rings. The number of benzene rings is 2. The largest absolute Gasteiger partial charge is 0.496 e. The zero-order valence-corrected chi connectivity index (χ0v) is 16.2. The number of aromatic nitrogens is 1. The summed E-state index contributed by atoms with van der Waals surface area (Å²) in [4.78, 5) is 16.9. The molecule has 0 atom stereocenters. The van der Waals surface area contributed by atoms with E-state index >= 15 is 0 Å². The predicted octanol–water partition coefficient (Wildman–Crippen LogP) is 4.27. The molecule has 1 aromatic heterocycles. The summed E-state index contributed by atoms with van der Waals surface area (Å²) in [7, 11) is 3.22. The van der Waals surface area contributed by atoms with Gasteiger partial charge in [0, 0.05) is 18.3 Å². The molecule has 0 aliphatic rings. The monoisotopic (exact) mass is 377 g/mol. The van der Waals surface area contributed by atoms with Crippen molar-refractivity contribution in [2.75, 3.05) is 24.9 Å². The van der Waals surface area contributed by atoms with E-state index in [4.69, 9.17) is 9.47 Å². The fraction of sp³-hybridized carbons (Fsp3) is 0.182. The number of nitrogens with zero attached hydrogens (tertiary/aromatic N) is 1. The normalized spacial score (nSPS) is 10.2. The molecule has 3 rings (SSSR count). The Labute approximate surface area is 164 Å². The number of hydrogen-bond donors (Lipinski definition) is 2. The van der Waals surface area contributed by atoms with Crippen molar-refractivity contribution in [1.29, 1.82) is 0 Å². The van der Waals surface area contributed by atoms with Gasteiger partial charge in [-0.05, 0) is 42.8 Å². The van der Waals surface area contributed by atoms with Crippen molar-refractivity contribution < 1.29 is 14.3 Å². The lowest BCUT2D eigenvalue weighted by Crippen LogP contribution is -2.13. The van der Waals surface area contributed by atoms with E-state index in [9.17, 15) is 4.79 Å². The summed E-state index contributed by atoms with van der Waals surface area (Å²) in [6.45, 7) is 2.53. The molecular formula is C22H23N3O3. The highest BCUT2D eigenvalue weighted by Gasteiger charge is 2.11. The van der Waals surface area contributed by atoms with Crippen LogP contribution in [0, 0.1) is 6.92 Å². The van der Waals surface area contributed by atoms with Crippen LogP contribution in [0.2, 0.25) is 0 Å². The fourth-order valence-electron chi connectivity index (χ4n) is 2.78. The number of carbonyl (C=O) groups excluding carboxylic acids is 1. The number of nitrogens with one attached hydrogen (secondary N) is 2. The number of aryl methyl sites for hydroxylation is 1. The van der Waals surface area contributed by atoms with Gasteiger partial charge in [0.15, 0.2) is 0 Å². The van der Waals surface area contributed by atoms with Crippen LogP contribution >= 0.6 is 0 Å². The molecule has 0 unspecified atom stereocenters. The number of rotatable bonds is 7. The van der Waals surface area contributed by atoms with Gasteiger partial charge in [-0.25, -0.2) is 4.98 Å². The van der Waals surface area contributed by atoms with Crippen LogP contribution in [0.1, 0.15) is 21.5 Å². The van der Waals surface area contributed by atoms with Gasteiger partial charge in [0.2, 0.25) is 0 Å². The maximum Gasteiger partial charge on any atom is 0.257 e. The molecule has 6 nitrogen and oxygen atoms in total. The number of carbonyl (C=O) groups is 1. The second-order valence-corrected chi connectivity index (χ2v) is 6.26. The van der Waals surface area contributed by atoms with E-state index in [-0.39, 0.29) is 5.91 Å². The number of anilines is 2. The molecule has 28 heavy (non-hydrogen) atoms. The van der Waals surface area contributed by atoms with Crippen molar-refractivity contribution in [2.24, 2.45) is 0 Å². The van der Waals surface area contributed by atoms with Crippen LogP contribution < -0.4 is 20.1 Å². The van der Waals surface area contributed by atoms with Crippen molar-refractivity contribution in [1.82, 2.24) is 4.98 Å². The fourth-order valence-corrected chi connectivity index (χ4v) is 2.78. The van der Waals surface area contributed by atoms with Crippen molar-refractivity contribution in [2.45, 2.75) is 13.5 Å². The van der Waals surface area contributed by atoms with Gasteiger partial charge in [-0.1, -0.05) is 24.3 Å². The van der Waals surface area contributed by atoms with E-state index in [0.717, 1.165) is 16.9 Å². The Morgan fingerprint density at radius 2 is 1.79 bits per heavy atom. The van der Waals surface area contributed by atoms with E-state index in [1.165, 1.54) is 0 Å². The van der Waals surface area contributed by atoms with Crippen molar-refractivity contribution in [3.05, 3.63) is 77.5 Å². The standard InChI is InChI=1S/C22H23N3O3/c1-15-8-10-20(28-3)18(12-15)25-22(26)17-9-11-21(24-14-17)23-13-16-6-4-5-7-19(16)27-2/h4-12,14H,13H2,1-3H3,(H,23,24)(H,25,26). The van der Waals surface area contributed by atoms with Crippen molar-refractivity contribution >= 4 is 17.4 Å². The van der Waals surface area contributed by atoms with Gasteiger partial charge < -0.3 is 20.1 Å². The molecule has 0 aliphatic carbocycles. The molecule has 1 heterocycles. The van der Waals surface area contributed by atoms with Gasteiger partial charge in [0.05, 0.1) is 25.5 Å². The minimum atomic E-state index is -0.243. The molecule has 6 heteroatoms. The molecule has 3 aromatic rings. The minimum Gasteiger partial charge on any atom is -0.496 e. The van der Waals surface area contributed by atoms with Crippen LogP contribution in [0.3, 0.4) is 0 Å². The maximum atomic E-state index is 12.5. The molecule has 0 saturated heterocycles. The summed E-state index contributed by atoms with van der Waals surface area (Å²) in [5, 5.41) is 6.10. The Kier molecular flexibility index (Phi) is 6.11. The SMILES string of the molecule is COc1ccccc1CNc1ccc(C(=O)Nc2cc(C)ccc2OC)cn1. The first-order valence-electron chi connectivity index (χ1n) is 8.88. The van der Waals surface area contributed by atoms with Crippen LogP contribution in [0.4, 0.5) is 11.5 Å². The summed E-state index contributed by atoms with van der Waals surface area (Å²) in [5.74, 6) is 1.86. The smallest absolute Gasteiger partial charge is 0.257 e. The second kappa shape index (κ2) is 8.90. The van der Waals surface area contributed by atoms with Crippen molar-refractivity contribution in [3.63, 3.8) is 0 Å². The molecule has 2 aromatic carbocycles. The van der Waals surface area contributed by atoms with Crippen LogP contribution in [-0.4, -0.2) is 25.1 Å². The predicted molar refractivity (Wildman–Crippen MR) is 110 cm³/mol. The first-order chi connectivity index (χ1) is 13.6. The highest BCUT2D eigenvalue weighted by atomic mass is 16.5. The van der Waals surface area contributed by atoms with Crippen LogP contribution in [-0.2, 0) is 6.54 Å². The second-order valence-electron chi connectivity index (χ2n) is 6.26. The first-order valence-corrected chi connectivity index (χ1v) is 8.88. The summed E-state index contributed by atoms with van der Waals surface area (Å²) in [5.41, 5.74) is 3.16. The zero-order valence-electron chi connectivity index (χ0n) is 16.2. The maximum absolute atomic E-state index is 12.5. The van der Waals surface area contributed by atoms with E-state index in [1.807, 2.05) is 49.4 Å². The van der Waals surface area contributed by atoms with Gasteiger partial charge >= 0.3 is 0 Å². The quantitative estimate of drug-likeness (QED) is 0.643. The Hall–Kier alpha value is -3.54. The van der Waals surface area contributed by atoms with E-state index in [2.05, 4.69) is 15.6 Å². The zero-order chi connectivity index (χ0) is 19.9. The van der Waals surface area contributed by atoms with Crippen LogP contribution in [0.25, 0.3) is 0 Å². The molecule has 0 saturated carbocycles. The molecule has 1 amide bonds. The summed E-state index contributed by atoms with van der Waals surface area (Å²) in [6.07, 6.45) is 1.54. The number of para-hydroxylation sites is 1. The summed E-state index contributed by atoms with van der Waals surface area (Å²) < 4.78 is 10.6. The number of methoxy groups -OCH3 is 2. The summed E-state index contributed by atoms with van der Waals surface area (Å²) >= 11 is 0. The lowest BCUT2D eigenvalue weighted by atomic mass is 10.2. The van der Waals surface area contributed by atoms with Crippen molar-refractivity contribution in [3.8, 4) is 11.5 Å². The highest BCUT2D eigenvalue weighted by Crippen LogP contribution is 2.26. The molecule has 144 valence electrons. The van der Waals surface area contributed by atoms with E-state index < -0.39 is 0 Å². The lowest BCUT2D eigenvalue weighted by molar-refractivity contribution is 0.102. The number of ether oxygens (including phenoxy) is 2. The Morgan fingerprint density at radius 3 is 2.50 bits per heavy atom. The summed E-state index contributed by atoms with van der Waals surface area (Å²) in [6, 6.07) is 16.9. The number of pyridine rings is 1. The van der Waals surface area contributed by atoms with Gasteiger partial charge in [-0.2, -0.15) is 0 Å². The third-order valence-electron chi connectivity index (χ3n) is 4.28. The van der Waals surface area contributed by atoms with Crippen LogP contribution in [0.15, 0.2) is 60.8 Å². The van der Waals surface area contributed by atoms with Gasteiger partial charge in [-0.3, -0.25) is 4.79 Å². The first kappa shape index (κ1) is 19.2. The molecule has 0 spiro atoms.